The van der Waals surface area contributed by atoms with Crippen LogP contribution in [0.25, 0.3) is 11.0 Å². The second-order valence-electron chi connectivity index (χ2n) is 6.87. The summed E-state index contributed by atoms with van der Waals surface area (Å²) in [5, 5.41) is 23.7. The summed E-state index contributed by atoms with van der Waals surface area (Å²) in [5.41, 5.74) is -0.765. The van der Waals surface area contributed by atoms with Crippen molar-refractivity contribution in [2.24, 2.45) is 7.05 Å². The highest BCUT2D eigenvalue weighted by molar-refractivity contribution is 5.76. The van der Waals surface area contributed by atoms with E-state index in [0.717, 1.165) is 11.0 Å². The van der Waals surface area contributed by atoms with Crippen LogP contribution < -0.4 is 0 Å². The van der Waals surface area contributed by atoms with Crippen LogP contribution in [0.2, 0.25) is 0 Å². The van der Waals surface area contributed by atoms with Crippen molar-refractivity contribution in [1.29, 1.82) is 0 Å². The molecule has 2 N–H and O–H groups in total. The molecule has 0 aliphatic heterocycles. The summed E-state index contributed by atoms with van der Waals surface area (Å²) in [7, 11) is 1.85. The Hall–Kier alpha value is -3.02. The highest BCUT2D eigenvalue weighted by Crippen LogP contribution is 2.45. The van der Waals surface area contributed by atoms with Gasteiger partial charge in [0.05, 0.1) is 11.0 Å². The van der Waals surface area contributed by atoms with E-state index in [0.29, 0.717) is 17.0 Å². The van der Waals surface area contributed by atoms with Crippen molar-refractivity contribution in [2.75, 3.05) is 0 Å². The monoisotopic (exact) mass is 359 g/mol. The van der Waals surface area contributed by atoms with Gasteiger partial charge in [-0.1, -0.05) is 48.5 Å². The minimum Gasteiger partial charge on any atom is -0.381 e. The molecule has 0 saturated heterocycles. The van der Waals surface area contributed by atoms with Crippen LogP contribution >= 0.6 is 0 Å². The molecule has 0 saturated carbocycles. The topological polar surface area (TPSA) is 71.2 Å². The van der Waals surface area contributed by atoms with Gasteiger partial charge >= 0.3 is 0 Å². The number of hydrogen-bond acceptors (Lipinski definition) is 4. The fourth-order valence-electron chi connectivity index (χ4n) is 3.64. The SMILES string of the molecule is Cn1c([C@@](O)(c2ccccc2)[C@@](C)(O)c2cccnc2)nc2ccccc21. The molecule has 5 nitrogen and oxygen atoms in total. The molecule has 136 valence electrons. The molecule has 0 fully saturated rings. The normalized spacial score (nSPS) is 16.0. The third-order valence-electron chi connectivity index (χ3n) is 5.23. The summed E-state index contributed by atoms with van der Waals surface area (Å²) < 4.78 is 1.83. The summed E-state index contributed by atoms with van der Waals surface area (Å²) in [6.45, 7) is 1.59. The number of benzene rings is 2. The first-order valence-electron chi connectivity index (χ1n) is 8.79. The summed E-state index contributed by atoms with van der Waals surface area (Å²) in [6, 6.07) is 20.3. The van der Waals surface area contributed by atoms with Crippen LogP contribution in [-0.4, -0.2) is 24.7 Å². The molecule has 4 aromatic rings. The predicted molar refractivity (Wildman–Crippen MR) is 104 cm³/mol. The first kappa shape index (κ1) is 17.4. The van der Waals surface area contributed by atoms with Crippen LogP contribution in [0.4, 0.5) is 0 Å². The Morgan fingerprint density at radius 2 is 1.52 bits per heavy atom. The van der Waals surface area contributed by atoms with Gasteiger partial charge in [0.2, 0.25) is 0 Å². The highest BCUT2D eigenvalue weighted by Gasteiger charge is 2.52. The molecular formula is C22H21N3O2. The Morgan fingerprint density at radius 3 is 2.19 bits per heavy atom. The lowest BCUT2D eigenvalue weighted by molar-refractivity contribution is -0.134. The zero-order valence-electron chi connectivity index (χ0n) is 15.2. The van der Waals surface area contributed by atoms with E-state index < -0.39 is 11.2 Å². The number of aliphatic hydroxyl groups is 2. The molecule has 2 aromatic heterocycles. The molecule has 2 aromatic carbocycles. The van der Waals surface area contributed by atoms with E-state index in [1.807, 2.05) is 54.1 Å². The van der Waals surface area contributed by atoms with E-state index >= 15 is 0 Å². The summed E-state index contributed by atoms with van der Waals surface area (Å²) >= 11 is 0. The first-order valence-corrected chi connectivity index (χ1v) is 8.79. The maximum atomic E-state index is 12.1. The van der Waals surface area contributed by atoms with Crippen LogP contribution in [0.15, 0.2) is 79.1 Å². The molecule has 0 spiro atoms. The second kappa shape index (κ2) is 6.30. The maximum absolute atomic E-state index is 12.1. The number of aryl methyl sites for hydroxylation is 1. The van der Waals surface area contributed by atoms with E-state index in [1.54, 1.807) is 43.6 Å². The Kier molecular flexibility index (Phi) is 4.06. The number of imidazole rings is 1. The van der Waals surface area contributed by atoms with Gasteiger partial charge in [-0.2, -0.15) is 0 Å². The molecule has 0 aliphatic carbocycles. The van der Waals surface area contributed by atoms with Crippen molar-refractivity contribution < 1.29 is 10.2 Å². The van der Waals surface area contributed by atoms with Crippen LogP contribution in [0.1, 0.15) is 23.9 Å². The average molecular weight is 359 g/mol. The van der Waals surface area contributed by atoms with Gasteiger partial charge in [-0.15, -0.1) is 0 Å². The second-order valence-corrected chi connectivity index (χ2v) is 6.87. The standard InChI is InChI=1S/C22H21N3O2/c1-21(26,17-11-8-14-23-15-17)22(27,16-9-4-3-5-10-16)20-24-18-12-6-7-13-19(18)25(20)2/h3-15,26-27H,1-2H3/t21-,22-/m0/s1. The number of hydrogen-bond donors (Lipinski definition) is 2. The van der Waals surface area contributed by atoms with Gasteiger partial charge in [0.15, 0.2) is 5.60 Å². The van der Waals surface area contributed by atoms with Gasteiger partial charge in [-0.05, 0) is 30.7 Å². The fourth-order valence-corrected chi connectivity index (χ4v) is 3.64. The lowest BCUT2D eigenvalue weighted by Gasteiger charge is -2.41. The van der Waals surface area contributed by atoms with Crippen molar-refractivity contribution in [2.45, 2.75) is 18.1 Å². The number of aromatic nitrogens is 3. The molecule has 4 rings (SSSR count). The average Bonchev–Trinajstić information content (AvgIpc) is 3.06. The van der Waals surface area contributed by atoms with Gasteiger partial charge in [0.25, 0.3) is 0 Å². The van der Waals surface area contributed by atoms with E-state index in [9.17, 15) is 10.2 Å². The van der Waals surface area contributed by atoms with Crippen LogP contribution in [0.5, 0.6) is 0 Å². The molecular weight excluding hydrogens is 338 g/mol. The quantitative estimate of drug-likeness (QED) is 0.587. The van der Waals surface area contributed by atoms with Crippen LogP contribution in [0.3, 0.4) is 0 Å². The number of fused-ring (bicyclic) bond motifs is 1. The summed E-state index contributed by atoms with van der Waals surface area (Å²) in [6.07, 6.45) is 3.20. The van der Waals surface area contributed by atoms with Crippen molar-refractivity contribution in [1.82, 2.24) is 14.5 Å². The molecule has 0 bridgehead atoms. The molecule has 0 radical (unpaired) electrons. The smallest absolute Gasteiger partial charge is 0.180 e. The third-order valence-corrected chi connectivity index (χ3v) is 5.23. The molecule has 0 amide bonds. The molecule has 0 aliphatic rings. The largest absolute Gasteiger partial charge is 0.381 e. The Bertz CT molecular complexity index is 1070. The summed E-state index contributed by atoms with van der Waals surface area (Å²) in [4.78, 5) is 8.80. The molecule has 2 atom stereocenters. The Labute approximate surface area is 157 Å². The molecule has 0 unspecified atom stereocenters. The fraction of sp³-hybridized carbons (Fsp3) is 0.182. The third kappa shape index (κ3) is 2.55. The number of nitrogens with zero attached hydrogens (tertiary/aromatic N) is 3. The van der Waals surface area contributed by atoms with Gasteiger partial charge in [-0.3, -0.25) is 4.98 Å². The lowest BCUT2D eigenvalue weighted by atomic mass is 9.74. The van der Waals surface area contributed by atoms with E-state index in [4.69, 9.17) is 0 Å². The molecule has 2 heterocycles. The number of rotatable bonds is 4. The minimum absolute atomic E-state index is 0.365. The minimum atomic E-state index is -1.79. The van der Waals surface area contributed by atoms with Crippen molar-refractivity contribution in [3.63, 3.8) is 0 Å². The lowest BCUT2D eigenvalue weighted by Crippen LogP contribution is -2.49. The van der Waals surface area contributed by atoms with Crippen LogP contribution in [0, 0.1) is 0 Å². The predicted octanol–water partition coefficient (Wildman–Crippen LogP) is 3.11. The number of para-hydroxylation sites is 2. The van der Waals surface area contributed by atoms with Crippen LogP contribution in [-0.2, 0) is 18.2 Å². The molecule has 5 heteroatoms. The zero-order valence-corrected chi connectivity index (χ0v) is 15.2. The zero-order chi connectivity index (χ0) is 19.1. The Balaban J connectivity index is 2.04. The van der Waals surface area contributed by atoms with E-state index in [1.165, 1.54) is 0 Å². The first-order chi connectivity index (χ1) is 13.0. The summed E-state index contributed by atoms with van der Waals surface area (Å²) in [5.74, 6) is 0.365. The number of pyridine rings is 1. The highest BCUT2D eigenvalue weighted by atomic mass is 16.4. The van der Waals surface area contributed by atoms with Crippen molar-refractivity contribution >= 4 is 11.0 Å². The van der Waals surface area contributed by atoms with Gasteiger partial charge in [-0.25, -0.2) is 4.98 Å². The van der Waals surface area contributed by atoms with Gasteiger partial charge in [0, 0.05) is 25.0 Å². The van der Waals surface area contributed by atoms with E-state index in [-0.39, 0.29) is 0 Å². The van der Waals surface area contributed by atoms with Gasteiger partial charge in [0.1, 0.15) is 11.4 Å². The maximum Gasteiger partial charge on any atom is 0.180 e. The molecule has 27 heavy (non-hydrogen) atoms. The van der Waals surface area contributed by atoms with E-state index in [2.05, 4.69) is 9.97 Å². The van der Waals surface area contributed by atoms with Crippen molar-refractivity contribution in [3.8, 4) is 0 Å². The Morgan fingerprint density at radius 1 is 0.852 bits per heavy atom. The van der Waals surface area contributed by atoms with Crippen molar-refractivity contribution in [3.05, 3.63) is 96.1 Å². The van der Waals surface area contributed by atoms with Gasteiger partial charge < -0.3 is 14.8 Å².